The highest BCUT2D eigenvalue weighted by Crippen LogP contribution is 2.42. The first kappa shape index (κ1) is 20.9. The van der Waals surface area contributed by atoms with Crippen molar-refractivity contribution in [1.29, 1.82) is 0 Å². The van der Waals surface area contributed by atoms with Crippen LogP contribution in [0.15, 0.2) is 35.7 Å². The van der Waals surface area contributed by atoms with Crippen LogP contribution in [0, 0.1) is 17.0 Å². The summed E-state index contributed by atoms with van der Waals surface area (Å²) in [5.41, 5.74) is 1.10. The number of anilines is 1. The van der Waals surface area contributed by atoms with Crippen molar-refractivity contribution in [3.8, 4) is 10.4 Å². The van der Waals surface area contributed by atoms with Gasteiger partial charge in [0, 0.05) is 32.3 Å². The van der Waals surface area contributed by atoms with Gasteiger partial charge in [-0.2, -0.15) is 0 Å². The lowest BCUT2D eigenvalue weighted by atomic mass is 10.1. The third kappa shape index (κ3) is 4.78. The molecule has 0 atom stereocenters. The van der Waals surface area contributed by atoms with Gasteiger partial charge in [-0.05, 0) is 37.4 Å². The smallest absolute Gasteiger partial charge is 0.341 e. The molecule has 7 nitrogen and oxygen atoms in total. The van der Waals surface area contributed by atoms with Crippen molar-refractivity contribution >= 4 is 62.0 Å². The third-order valence-corrected chi connectivity index (χ3v) is 6.67. The van der Waals surface area contributed by atoms with Crippen molar-refractivity contribution in [2.75, 3.05) is 11.9 Å². The topological polar surface area (TPSA) is 98.5 Å². The molecule has 0 fully saturated rings. The maximum Gasteiger partial charge on any atom is 0.341 e. The van der Waals surface area contributed by atoms with E-state index in [-0.39, 0.29) is 11.6 Å². The molecule has 0 bridgehead atoms. The number of carbonyl (C=O) groups is 2. The molecule has 1 N–H and O–H groups in total. The summed E-state index contributed by atoms with van der Waals surface area (Å²) in [6.45, 7) is 3.84. The fraction of sp³-hybridized carbons (Fsp3) is 0.158. The van der Waals surface area contributed by atoms with Gasteiger partial charge in [-0.3, -0.25) is 14.9 Å². The molecule has 0 aromatic carbocycles. The van der Waals surface area contributed by atoms with E-state index >= 15 is 0 Å². The first-order valence-electron chi connectivity index (χ1n) is 8.48. The van der Waals surface area contributed by atoms with E-state index in [0.29, 0.717) is 15.4 Å². The molecular formula is C19H16N2O5S3. The van der Waals surface area contributed by atoms with Gasteiger partial charge in [0.1, 0.15) is 10.6 Å². The zero-order valence-electron chi connectivity index (χ0n) is 15.5. The lowest BCUT2D eigenvalue weighted by molar-refractivity contribution is -0.380. The highest BCUT2D eigenvalue weighted by Gasteiger charge is 2.25. The van der Waals surface area contributed by atoms with Gasteiger partial charge in [-0.15, -0.1) is 22.7 Å². The molecule has 3 heterocycles. The van der Waals surface area contributed by atoms with Gasteiger partial charge in [0.15, 0.2) is 0 Å². The highest BCUT2D eigenvalue weighted by molar-refractivity contribution is 7.18. The molecule has 10 heteroatoms. The predicted molar refractivity (Wildman–Crippen MR) is 117 cm³/mol. The van der Waals surface area contributed by atoms with Crippen LogP contribution in [0.3, 0.4) is 0 Å². The summed E-state index contributed by atoms with van der Waals surface area (Å²) in [7, 11) is 0. The van der Waals surface area contributed by atoms with Gasteiger partial charge in [0.25, 0.3) is 0 Å². The molecule has 3 aromatic heterocycles. The Morgan fingerprint density at radius 1 is 1.28 bits per heavy atom. The lowest BCUT2D eigenvalue weighted by Crippen LogP contribution is -2.12. The molecule has 0 unspecified atom stereocenters. The molecule has 0 saturated carbocycles. The van der Waals surface area contributed by atoms with E-state index in [0.717, 1.165) is 26.7 Å². The number of hydrogen-bond acceptors (Lipinski definition) is 8. The summed E-state index contributed by atoms with van der Waals surface area (Å²) < 4.78 is 5.20. The van der Waals surface area contributed by atoms with Gasteiger partial charge in [-0.25, -0.2) is 4.79 Å². The Labute approximate surface area is 178 Å². The maximum atomic E-state index is 12.6. The van der Waals surface area contributed by atoms with Crippen LogP contribution in [0.2, 0.25) is 0 Å². The molecule has 0 aliphatic heterocycles. The van der Waals surface area contributed by atoms with E-state index in [1.54, 1.807) is 13.0 Å². The van der Waals surface area contributed by atoms with Crippen molar-refractivity contribution in [2.24, 2.45) is 0 Å². The van der Waals surface area contributed by atoms with Crippen molar-refractivity contribution in [1.82, 2.24) is 0 Å². The fourth-order valence-electron chi connectivity index (χ4n) is 2.59. The van der Waals surface area contributed by atoms with E-state index in [1.165, 1.54) is 40.9 Å². The van der Waals surface area contributed by atoms with E-state index in [1.807, 2.05) is 24.4 Å². The average molecular weight is 449 g/mol. The van der Waals surface area contributed by atoms with E-state index in [9.17, 15) is 19.7 Å². The highest BCUT2D eigenvalue weighted by atomic mass is 32.1. The molecule has 0 spiro atoms. The van der Waals surface area contributed by atoms with Crippen LogP contribution in [-0.4, -0.2) is 23.4 Å². The summed E-state index contributed by atoms with van der Waals surface area (Å²) >= 11 is 3.78. The predicted octanol–water partition coefficient (Wildman–Crippen LogP) is 5.58. The molecule has 3 rings (SSSR count). The van der Waals surface area contributed by atoms with Crippen molar-refractivity contribution < 1.29 is 19.2 Å². The van der Waals surface area contributed by atoms with Crippen molar-refractivity contribution in [3.63, 3.8) is 0 Å². The molecule has 29 heavy (non-hydrogen) atoms. The van der Waals surface area contributed by atoms with Gasteiger partial charge >= 0.3 is 11.0 Å². The van der Waals surface area contributed by atoms with Gasteiger partial charge in [0.2, 0.25) is 5.91 Å². The van der Waals surface area contributed by atoms with E-state index in [2.05, 4.69) is 5.32 Å². The minimum Gasteiger partial charge on any atom is -0.462 e. The second-order valence-corrected chi connectivity index (χ2v) is 8.96. The van der Waals surface area contributed by atoms with E-state index < -0.39 is 16.8 Å². The summed E-state index contributed by atoms with van der Waals surface area (Å²) in [6, 6.07) is 6.77. The second-order valence-electron chi connectivity index (χ2n) is 5.69. The van der Waals surface area contributed by atoms with Crippen molar-refractivity contribution in [3.05, 3.63) is 61.2 Å². The van der Waals surface area contributed by atoms with E-state index in [4.69, 9.17) is 4.74 Å². The van der Waals surface area contributed by atoms with Crippen LogP contribution < -0.4 is 5.32 Å². The van der Waals surface area contributed by atoms with Crippen LogP contribution in [0.1, 0.15) is 27.0 Å². The number of carbonyl (C=O) groups excluding carboxylic acids is 2. The quantitative estimate of drug-likeness (QED) is 0.220. The van der Waals surface area contributed by atoms with Crippen LogP contribution in [0.5, 0.6) is 0 Å². The Bertz CT molecular complexity index is 1080. The van der Waals surface area contributed by atoms with Crippen LogP contribution in [-0.2, 0) is 9.53 Å². The summed E-state index contributed by atoms with van der Waals surface area (Å²) in [4.78, 5) is 37.6. The number of thiophene rings is 3. The Morgan fingerprint density at radius 2 is 2.07 bits per heavy atom. The summed E-state index contributed by atoms with van der Waals surface area (Å²) in [6.07, 6.45) is 2.78. The first-order valence-corrected chi connectivity index (χ1v) is 11.0. The zero-order valence-corrected chi connectivity index (χ0v) is 17.9. The van der Waals surface area contributed by atoms with Crippen LogP contribution in [0.4, 0.5) is 10.0 Å². The lowest BCUT2D eigenvalue weighted by Gasteiger charge is -2.07. The number of rotatable bonds is 7. The number of esters is 1. The maximum absolute atomic E-state index is 12.6. The van der Waals surface area contributed by atoms with Crippen molar-refractivity contribution in [2.45, 2.75) is 13.8 Å². The Kier molecular flexibility index (Phi) is 6.57. The SMILES string of the molecule is CCOC(=O)c1c(NC(=O)/C=C/c2ccc([N+](=O)[O-])s2)sc(C)c1-c1cccs1. The molecule has 0 radical (unpaired) electrons. The monoisotopic (exact) mass is 448 g/mol. The van der Waals surface area contributed by atoms with Gasteiger partial charge < -0.3 is 10.1 Å². The molecule has 0 saturated heterocycles. The third-order valence-electron chi connectivity index (χ3n) is 3.76. The fourth-order valence-corrected chi connectivity index (χ4v) is 5.27. The van der Waals surface area contributed by atoms with Crippen LogP contribution >= 0.6 is 34.0 Å². The number of hydrogen-bond donors (Lipinski definition) is 1. The zero-order chi connectivity index (χ0) is 21.0. The summed E-state index contributed by atoms with van der Waals surface area (Å²) in [5.74, 6) is -0.931. The normalized spacial score (nSPS) is 11.0. The first-order chi connectivity index (χ1) is 13.9. The van der Waals surface area contributed by atoms with Gasteiger partial charge in [0.05, 0.1) is 11.5 Å². The minimum absolute atomic E-state index is 0.00382. The number of nitro groups is 1. The molecule has 3 aromatic rings. The molecule has 150 valence electrons. The largest absolute Gasteiger partial charge is 0.462 e. The average Bonchev–Trinajstić information content (AvgIpc) is 3.40. The Morgan fingerprint density at radius 3 is 2.69 bits per heavy atom. The number of amides is 1. The second kappa shape index (κ2) is 9.12. The number of nitrogens with zero attached hydrogens (tertiary/aromatic N) is 1. The van der Waals surface area contributed by atoms with Crippen LogP contribution in [0.25, 0.3) is 16.5 Å². The standard InChI is InChI=1S/C19H16N2O5S3/c1-3-26-19(23)17-16(13-5-4-10-27-13)11(2)28-18(17)20-14(22)8-6-12-7-9-15(29-12)21(24)25/h4-10H,3H2,1-2H3,(H,20,22)/b8-6+. The molecule has 0 aliphatic rings. The Balaban J connectivity index is 1.86. The number of aryl methyl sites for hydroxylation is 1. The molecular weight excluding hydrogens is 432 g/mol. The summed E-state index contributed by atoms with van der Waals surface area (Å²) in [5, 5.41) is 15.8. The van der Waals surface area contributed by atoms with Gasteiger partial charge in [-0.1, -0.05) is 17.4 Å². The molecule has 1 amide bonds. The Hall–Kier alpha value is -2.82. The molecule has 0 aliphatic carbocycles. The minimum atomic E-state index is -0.492. The number of nitrogens with one attached hydrogen (secondary N) is 1. The number of ether oxygens (including phenoxy) is 1.